The predicted octanol–water partition coefficient (Wildman–Crippen LogP) is 3.09. The molecule has 0 amide bonds. The second-order valence-corrected chi connectivity index (χ2v) is 4.47. The number of imidazole rings is 1. The second kappa shape index (κ2) is 6.29. The van der Waals surface area contributed by atoms with Gasteiger partial charge in [0.1, 0.15) is 11.5 Å². The third-order valence-corrected chi connectivity index (χ3v) is 2.94. The lowest BCUT2D eigenvalue weighted by Gasteiger charge is -2.10. The molecule has 0 saturated carbocycles. The summed E-state index contributed by atoms with van der Waals surface area (Å²) in [5.74, 6) is -1.98. The fourth-order valence-corrected chi connectivity index (χ4v) is 2.00. The van der Waals surface area contributed by atoms with E-state index in [1.165, 1.54) is 0 Å². The first kappa shape index (κ1) is 14.9. The molecule has 21 heavy (non-hydrogen) atoms. The number of hydrogen-bond donors (Lipinski definition) is 1. The maximum atomic E-state index is 13.7. The minimum absolute atomic E-state index is 0.156. The van der Waals surface area contributed by atoms with E-state index < -0.39 is 22.2 Å². The SMILES string of the molecule is CCCn1cncc1CNc1c(F)cc(F)cc1[N+](=O)[O-]. The average Bonchev–Trinajstić information content (AvgIpc) is 2.85. The van der Waals surface area contributed by atoms with E-state index in [1.54, 1.807) is 12.5 Å². The molecule has 8 heteroatoms. The van der Waals surface area contributed by atoms with Gasteiger partial charge in [-0.1, -0.05) is 6.92 Å². The van der Waals surface area contributed by atoms with Gasteiger partial charge in [-0.05, 0) is 6.42 Å². The monoisotopic (exact) mass is 296 g/mol. The van der Waals surface area contributed by atoms with Crippen LogP contribution in [0.4, 0.5) is 20.2 Å². The lowest BCUT2D eigenvalue weighted by molar-refractivity contribution is -0.384. The minimum Gasteiger partial charge on any atom is -0.371 e. The summed E-state index contributed by atoms with van der Waals surface area (Å²) in [6.07, 6.45) is 4.13. The Balaban J connectivity index is 2.23. The highest BCUT2D eigenvalue weighted by molar-refractivity contribution is 5.62. The number of rotatable bonds is 6. The molecule has 0 aliphatic carbocycles. The zero-order chi connectivity index (χ0) is 15.4. The molecule has 112 valence electrons. The van der Waals surface area contributed by atoms with Crippen LogP contribution in [0.3, 0.4) is 0 Å². The van der Waals surface area contributed by atoms with Crippen LogP contribution in [0.15, 0.2) is 24.7 Å². The summed E-state index contributed by atoms with van der Waals surface area (Å²) < 4.78 is 28.6. The van der Waals surface area contributed by atoms with E-state index in [0.717, 1.165) is 18.7 Å². The first-order chi connectivity index (χ1) is 10.0. The molecule has 0 fully saturated rings. The van der Waals surface area contributed by atoms with Gasteiger partial charge in [0.15, 0.2) is 5.82 Å². The number of hydrogen-bond acceptors (Lipinski definition) is 4. The van der Waals surface area contributed by atoms with Crippen LogP contribution in [0.1, 0.15) is 19.0 Å². The van der Waals surface area contributed by atoms with Gasteiger partial charge in [-0.25, -0.2) is 13.8 Å². The molecule has 1 heterocycles. The molecular weight excluding hydrogens is 282 g/mol. The summed E-state index contributed by atoms with van der Waals surface area (Å²) in [6.45, 7) is 2.90. The number of aryl methyl sites for hydroxylation is 1. The van der Waals surface area contributed by atoms with Crippen LogP contribution < -0.4 is 5.32 Å². The van der Waals surface area contributed by atoms with Gasteiger partial charge in [0, 0.05) is 18.8 Å². The Morgan fingerprint density at radius 1 is 1.43 bits per heavy atom. The van der Waals surface area contributed by atoms with Gasteiger partial charge in [0.25, 0.3) is 5.69 Å². The molecule has 0 bridgehead atoms. The highest BCUT2D eigenvalue weighted by Crippen LogP contribution is 2.29. The summed E-state index contributed by atoms with van der Waals surface area (Å²) in [4.78, 5) is 14.0. The number of nitro benzene ring substituents is 1. The zero-order valence-corrected chi connectivity index (χ0v) is 11.3. The van der Waals surface area contributed by atoms with Crippen molar-refractivity contribution in [3.8, 4) is 0 Å². The predicted molar refractivity (Wildman–Crippen MR) is 72.9 cm³/mol. The third kappa shape index (κ3) is 3.33. The van der Waals surface area contributed by atoms with Crippen molar-refractivity contribution in [2.45, 2.75) is 26.4 Å². The van der Waals surface area contributed by atoms with Gasteiger partial charge in [0.2, 0.25) is 0 Å². The summed E-state index contributed by atoms with van der Waals surface area (Å²) in [5, 5.41) is 13.5. The zero-order valence-electron chi connectivity index (χ0n) is 11.3. The minimum atomic E-state index is -0.997. The maximum Gasteiger partial charge on any atom is 0.298 e. The van der Waals surface area contributed by atoms with Gasteiger partial charge >= 0.3 is 0 Å². The number of nitro groups is 1. The van der Waals surface area contributed by atoms with Crippen LogP contribution in [-0.2, 0) is 13.1 Å². The topological polar surface area (TPSA) is 73.0 Å². The quantitative estimate of drug-likeness (QED) is 0.656. The normalized spacial score (nSPS) is 10.6. The molecular formula is C13H14F2N4O2. The van der Waals surface area contributed by atoms with E-state index in [4.69, 9.17) is 0 Å². The molecule has 0 radical (unpaired) electrons. The molecule has 0 aliphatic heterocycles. The summed E-state index contributed by atoms with van der Waals surface area (Å²) in [5.41, 5.74) is -0.199. The molecule has 0 saturated heterocycles. The molecule has 6 nitrogen and oxygen atoms in total. The van der Waals surface area contributed by atoms with E-state index in [2.05, 4.69) is 10.3 Å². The number of aromatic nitrogens is 2. The smallest absolute Gasteiger partial charge is 0.298 e. The second-order valence-electron chi connectivity index (χ2n) is 4.47. The van der Waals surface area contributed by atoms with Crippen molar-refractivity contribution in [2.75, 3.05) is 5.32 Å². The average molecular weight is 296 g/mol. The van der Waals surface area contributed by atoms with Crippen molar-refractivity contribution in [3.05, 3.63) is 52.1 Å². The summed E-state index contributed by atoms with van der Waals surface area (Å²) in [6, 6.07) is 1.30. The standard InChI is InChI=1S/C13H14F2N4O2/c1-2-3-18-8-16-6-10(18)7-17-13-11(15)4-9(14)5-12(13)19(20)21/h4-6,8,17H,2-3,7H2,1H3. The largest absolute Gasteiger partial charge is 0.371 e. The van der Waals surface area contributed by atoms with Gasteiger partial charge < -0.3 is 9.88 Å². The molecule has 2 aromatic rings. The fourth-order valence-electron chi connectivity index (χ4n) is 2.00. The van der Waals surface area contributed by atoms with Crippen molar-refractivity contribution in [1.82, 2.24) is 9.55 Å². The molecule has 0 aliphatic rings. The Kier molecular flexibility index (Phi) is 4.46. The van der Waals surface area contributed by atoms with Crippen LogP contribution in [0.5, 0.6) is 0 Å². The van der Waals surface area contributed by atoms with E-state index in [1.807, 2.05) is 11.5 Å². The molecule has 0 unspecified atom stereocenters. The highest BCUT2D eigenvalue weighted by atomic mass is 19.1. The number of halogens is 2. The first-order valence-electron chi connectivity index (χ1n) is 6.39. The van der Waals surface area contributed by atoms with E-state index >= 15 is 0 Å². The Labute approximate surface area is 119 Å². The van der Waals surface area contributed by atoms with Gasteiger partial charge in [-0.2, -0.15) is 0 Å². The Morgan fingerprint density at radius 2 is 2.19 bits per heavy atom. The van der Waals surface area contributed by atoms with Gasteiger partial charge in [-0.15, -0.1) is 0 Å². The number of nitrogens with zero attached hydrogens (tertiary/aromatic N) is 3. The van der Waals surface area contributed by atoms with Gasteiger partial charge in [0.05, 0.1) is 29.6 Å². The van der Waals surface area contributed by atoms with Crippen molar-refractivity contribution in [1.29, 1.82) is 0 Å². The first-order valence-corrected chi connectivity index (χ1v) is 6.39. The van der Waals surface area contributed by atoms with Crippen LogP contribution in [0, 0.1) is 21.7 Å². The molecule has 1 aromatic heterocycles. The maximum absolute atomic E-state index is 13.7. The van der Waals surface area contributed by atoms with E-state index in [-0.39, 0.29) is 12.2 Å². The number of anilines is 1. The fraction of sp³-hybridized carbons (Fsp3) is 0.308. The lowest BCUT2D eigenvalue weighted by atomic mass is 10.2. The van der Waals surface area contributed by atoms with Crippen LogP contribution in [-0.4, -0.2) is 14.5 Å². The number of nitrogens with one attached hydrogen (secondary N) is 1. The van der Waals surface area contributed by atoms with Crippen LogP contribution in [0.25, 0.3) is 0 Å². The van der Waals surface area contributed by atoms with Gasteiger partial charge in [-0.3, -0.25) is 10.1 Å². The van der Waals surface area contributed by atoms with Crippen LogP contribution in [0.2, 0.25) is 0 Å². The summed E-state index contributed by atoms with van der Waals surface area (Å²) in [7, 11) is 0. The summed E-state index contributed by atoms with van der Waals surface area (Å²) >= 11 is 0. The third-order valence-electron chi connectivity index (χ3n) is 2.94. The molecule has 1 N–H and O–H groups in total. The van der Waals surface area contributed by atoms with Crippen molar-refractivity contribution in [2.24, 2.45) is 0 Å². The van der Waals surface area contributed by atoms with Crippen molar-refractivity contribution in [3.63, 3.8) is 0 Å². The van der Waals surface area contributed by atoms with Crippen LogP contribution >= 0.6 is 0 Å². The molecule has 0 atom stereocenters. The van der Waals surface area contributed by atoms with Crippen molar-refractivity contribution < 1.29 is 13.7 Å². The molecule has 1 aromatic carbocycles. The highest BCUT2D eigenvalue weighted by Gasteiger charge is 2.20. The van der Waals surface area contributed by atoms with Crippen molar-refractivity contribution >= 4 is 11.4 Å². The Morgan fingerprint density at radius 3 is 2.86 bits per heavy atom. The van der Waals surface area contributed by atoms with E-state index in [9.17, 15) is 18.9 Å². The number of benzene rings is 1. The molecule has 0 spiro atoms. The van der Waals surface area contributed by atoms with E-state index in [0.29, 0.717) is 12.1 Å². The Bertz CT molecular complexity index is 658. The Hall–Kier alpha value is -2.51. The lowest BCUT2D eigenvalue weighted by Crippen LogP contribution is -2.09. The molecule has 2 rings (SSSR count).